The standard InChI is InChI=1S/C10H11N3O/c1-7-2-3-9(13-12-7)10-8(6-11)4-5-14-10/h2-5H,6,11H2,1H3. The molecule has 2 N–H and O–H groups in total. The molecule has 14 heavy (non-hydrogen) atoms. The van der Waals surface area contributed by atoms with E-state index in [0.29, 0.717) is 12.3 Å². The Hall–Kier alpha value is -1.68. The monoisotopic (exact) mass is 189 g/mol. The van der Waals surface area contributed by atoms with E-state index in [1.807, 2.05) is 25.1 Å². The van der Waals surface area contributed by atoms with Gasteiger partial charge >= 0.3 is 0 Å². The van der Waals surface area contributed by atoms with Gasteiger partial charge in [0.25, 0.3) is 0 Å². The molecule has 2 heterocycles. The number of rotatable bonds is 2. The van der Waals surface area contributed by atoms with Crippen molar-refractivity contribution in [3.8, 4) is 11.5 Å². The number of aromatic nitrogens is 2. The number of aryl methyl sites for hydroxylation is 1. The highest BCUT2D eigenvalue weighted by atomic mass is 16.3. The van der Waals surface area contributed by atoms with Crippen LogP contribution in [0.25, 0.3) is 11.5 Å². The molecule has 0 saturated carbocycles. The molecule has 0 unspecified atom stereocenters. The highest BCUT2D eigenvalue weighted by Crippen LogP contribution is 2.21. The maximum Gasteiger partial charge on any atom is 0.158 e. The van der Waals surface area contributed by atoms with Crippen molar-refractivity contribution in [2.75, 3.05) is 0 Å². The quantitative estimate of drug-likeness (QED) is 0.777. The van der Waals surface area contributed by atoms with Crippen molar-refractivity contribution in [1.29, 1.82) is 0 Å². The molecule has 2 aromatic heterocycles. The molecule has 0 spiro atoms. The lowest BCUT2D eigenvalue weighted by Gasteiger charge is -1.98. The minimum absolute atomic E-state index is 0.446. The van der Waals surface area contributed by atoms with Gasteiger partial charge in [-0.25, -0.2) is 0 Å². The molecular weight excluding hydrogens is 178 g/mol. The van der Waals surface area contributed by atoms with Crippen LogP contribution >= 0.6 is 0 Å². The van der Waals surface area contributed by atoms with E-state index >= 15 is 0 Å². The zero-order valence-electron chi connectivity index (χ0n) is 7.90. The Labute approximate surface area is 81.8 Å². The molecule has 4 nitrogen and oxygen atoms in total. The Morgan fingerprint density at radius 1 is 1.29 bits per heavy atom. The Morgan fingerprint density at radius 2 is 2.14 bits per heavy atom. The molecule has 0 aromatic carbocycles. The minimum Gasteiger partial charge on any atom is -0.462 e. The summed E-state index contributed by atoms with van der Waals surface area (Å²) in [4.78, 5) is 0. The predicted molar refractivity (Wildman–Crippen MR) is 52.4 cm³/mol. The van der Waals surface area contributed by atoms with Gasteiger partial charge in [-0.2, -0.15) is 5.10 Å². The molecule has 0 radical (unpaired) electrons. The lowest BCUT2D eigenvalue weighted by molar-refractivity contribution is 0.576. The molecule has 0 aliphatic rings. The molecular formula is C10H11N3O. The van der Waals surface area contributed by atoms with Crippen LogP contribution in [0, 0.1) is 6.92 Å². The van der Waals surface area contributed by atoms with Crippen LogP contribution in [-0.4, -0.2) is 10.2 Å². The third-order valence-electron chi connectivity index (χ3n) is 2.00. The van der Waals surface area contributed by atoms with E-state index in [1.165, 1.54) is 0 Å². The second-order valence-corrected chi connectivity index (χ2v) is 3.04. The van der Waals surface area contributed by atoms with Gasteiger partial charge in [0, 0.05) is 12.1 Å². The van der Waals surface area contributed by atoms with Crippen LogP contribution in [0.5, 0.6) is 0 Å². The molecule has 72 valence electrons. The van der Waals surface area contributed by atoms with Crippen molar-refractivity contribution in [1.82, 2.24) is 10.2 Å². The van der Waals surface area contributed by atoms with E-state index in [9.17, 15) is 0 Å². The fraction of sp³-hybridized carbons (Fsp3) is 0.200. The van der Waals surface area contributed by atoms with Crippen molar-refractivity contribution in [3.05, 3.63) is 35.7 Å². The highest BCUT2D eigenvalue weighted by molar-refractivity contribution is 5.56. The van der Waals surface area contributed by atoms with Crippen LogP contribution in [-0.2, 0) is 6.54 Å². The van der Waals surface area contributed by atoms with Crippen molar-refractivity contribution >= 4 is 0 Å². The second-order valence-electron chi connectivity index (χ2n) is 3.04. The molecule has 0 atom stereocenters. The number of nitrogens with two attached hydrogens (primary N) is 1. The minimum atomic E-state index is 0.446. The van der Waals surface area contributed by atoms with Crippen LogP contribution in [0.2, 0.25) is 0 Å². The summed E-state index contributed by atoms with van der Waals surface area (Å²) < 4.78 is 5.30. The predicted octanol–water partition coefficient (Wildman–Crippen LogP) is 1.50. The number of hydrogen-bond acceptors (Lipinski definition) is 4. The summed E-state index contributed by atoms with van der Waals surface area (Å²) in [5.74, 6) is 0.708. The number of hydrogen-bond donors (Lipinski definition) is 1. The first kappa shape index (κ1) is 8.90. The van der Waals surface area contributed by atoms with E-state index < -0.39 is 0 Å². The molecule has 4 heteroatoms. The van der Waals surface area contributed by atoms with Gasteiger partial charge in [0.15, 0.2) is 5.76 Å². The van der Waals surface area contributed by atoms with Crippen LogP contribution < -0.4 is 5.73 Å². The fourth-order valence-corrected chi connectivity index (χ4v) is 1.24. The van der Waals surface area contributed by atoms with Gasteiger partial charge in [-0.1, -0.05) is 0 Å². The fourth-order valence-electron chi connectivity index (χ4n) is 1.24. The molecule has 0 amide bonds. The van der Waals surface area contributed by atoms with Crippen molar-refractivity contribution in [2.45, 2.75) is 13.5 Å². The molecule has 0 fully saturated rings. The summed E-state index contributed by atoms with van der Waals surface area (Å²) in [6.45, 7) is 2.34. The number of nitrogens with zero attached hydrogens (tertiary/aromatic N) is 2. The average Bonchev–Trinajstić information content (AvgIpc) is 2.67. The van der Waals surface area contributed by atoms with Gasteiger partial charge in [0.05, 0.1) is 12.0 Å². The summed E-state index contributed by atoms with van der Waals surface area (Å²) >= 11 is 0. The lowest BCUT2D eigenvalue weighted by Crippen LogP contribution is -1.97. The first-order chi connectivity index (χ1) is 6.81. The van der Waals surface area contributed by atoms with Gasteiger partial charge < -0.3 is 10.2 Å². The zero-order chi connectivity index (χ0) is 9.97. The SMILES string of the molecule is Cc1ccc(-c2occc2CN)nn1. The van der Waals surface area contributed by atoms with Crippen LogP contribution in [0.3, 0.4) is 0 Å². The summed E-state index contributed by atoms with van der Waals surface area (Å²) in [5, 5.41) is 7.99. The second kappa shape index (κ2) is 3.59. The normalized spacial score (nSPS) is 10.4. The Morgan fingerprint density at radius 3 is 2.79 bits per heavy atom. The van der Waals surface area contributed by atoms with Gasteiger partial charge in [-0.15, -0.1) is 5.10 Å². The Kier molecular flexibility index (Phi) is 2.28. The Balaban J connectivity index is 2.44. The van der Waals surface area contributed by atoms with E-state index in [1.54, 1.807) is 6.26 Å². The van der Waals surface area contributed by atoms with Gasteiger partial charge in [0.1, 0.15) is 5.69 Å². The van der Waals surface area contributed by atoms with E-state index in [-0.39, 0.29) is 0 Å². The average molecular weight is 189 g/mol. The lowest BCUT2D eigenvalue weighted by atomic mass is 10.2. The molecule has 2 aromatic rings. The summed E-state index contributed by atoms with van der Waals surface area (Å²) in [5.41, 5.74) is 8.11. The number of furan rings is 1. The largest absolute Gasteiger partial charge is 0.462 e. The smallest absolute Gasteiger partial charge is 0.158 e. The molecule has 0 bridgehead atoms. The molecule has 0 aliphatic heterocycles. The first-order valence-electron chi connectivity index (χ1n) is 4.38. The summed E-state index contributed by atoms with van der Waals surface area (Å²) in [7, 11) is 0. The van der Waals surface area contributed by atoms with E-state index in [4.69, 9.17) is 10.2 Å². The topological polar surface area (TPSA) is 64.9 Å². The third-order valence-corrected chi connectivity index (χ3v) is 2.00. The van der Waals surface area contributed by atoms with E-state index in [0.717, 1.165) is 17.0 Å². The molecule has 2 rings (SSSR count). The van der Waals surface area contributed by atoms with Crippen LogP contribution in [0.4, 0.5) is 0 Å². The van der Waals surface area contributed by atoms with Crippen molar-refractivity contribution < 1.29 is 4.42 Å². The maximum atomic E-state index is 5.55. The first-order valence-corrected chi connectivity index (χ1v) is 4.38. The summed E-state index contributed by atoms with van der Waals surface area (Å²) in [6.07, 6.45) is 1.61. The molecule has 0 saturated heterocycles. The van der Waals surface area contributed by atoms with Crippen LogP contribution in [0.1, 0.15) is 11.3 Å². The highest BCUT2D eigenvalue weighted by Gasteiger charge is 2.08. The zero-order valence-corrected chi connectivity index (χ0v) is 7.90. The third kappa shape index (κ3) is 1.52. The van der Waals surface area contributed by atoms with E-state index in [2.05, 4.69) is 10.2 Å². The van der Waals surface area contributed by atoms with Gasteiger partial charge in [-0.05, 0) is 25.1 Å². The maximum absolute atomic E-state index is 5.55. The van der Waals surface area contributed by atoms with Gasteiger partial charge in [0.2, 0.25) is 0 Å². The van der Waals surface area contributed by atoms with Crippen molar-refractivity contribution in [3.63, 3.8) is 0 Å². The summed E-state index contributed by atoms with van der Waals surface area (Å²) in [6, 6.07) is 5.61. The van der Waals surface area contributed by atoms with Crippen molar-refractivity contribution in [2.24, 2.45) is 5.73 Å². The molecule has 0 aliphatic carbocycles. The Bertz CT molecular complexity index is 419. The van der Waals surface area contributed by atoms with Gasteiger partial charge in [-0.3, -0.25) is 0 Å². The van der Waals surface area contributed by atoms with Crippen LogP contribution in [0.15, 0.2) is 28.9 Å².